The number of para-hydroxylation sites is 2. The summed E-state index contributed by atoms with van der Waals surface area (Å²) in [6.07, 6.45) is 0.800. The lowest BCUT2D eigenvalue weighted by Crippen LogP contribution is -2.05. The highest BCUT2D eigenvalue weighted by molar-refractivity contribution is 5.85. The number of halogens is 1. The number of nitrogens with two attached hydrogens (primary N) is 1. The molecule has 13 heavy (non-hydrogen) atoms. The van der Waals surface area contributed by atoms with Gasteiger partial charge in [-0.15, -0.1) is 12.4 Å². The van der Waals surface area contributed by atoms with Crippen LogP contribution in [0.15, 0.2) is 24.3 Å². The molecule has 0 aromatic heterocycles. The Hall–Kier alpha value is -0.930. The van der Waals surface area contributed by atoms with Gasteiger partial charge in [-0.3, -0.25) is 0 Å². The van der Waals surface area contributed by atoms with E-state index in [0.717, 1.165) is 6.42 Å². The molecule has 74 valence electrons. The molecule has 0 heterocycles. The van der Waals surface area contributed by atoms with Crippen LogP contribution >= 0.6 is 12.4 Å². The number of hydrogen-bond donors (Lipinski definition) is 2. The summed E-state index contributed by atoms with van der Waals surface area (Å²) in [6.45, 7) is 1.15. The van der Waals surface area contributed by atoms with Gasteiger partial charge in [-0.2, -0.15) is 0 Å². The van der Waals surface area contributed by atoms with E-state index in [1.807, 2.05) is 6.07 Å². The molecule has 0 aliphatic carbocycles. The molecule has 0 spiro atoms. The lowest BCUT2D eigenvalue weighted by atomic mass is 10.3. The van der Waals surface area contributed by atoms with Crippen LogP contribution in [0, 0.1) is 0 Å². The van der Waals surface area contributed by atoms with Gasteiger partial charge in [-0.25, -0.2) is 0 Å². The van der Waals surface area contributed by atoms with Crippen LogP contribution in [0.25, 0.3) is 0 Å². The van der Waals surface area contributed by atoms with Crippen LogP contribution in [0.2, 0.25) is 0 Å². The minimum absolute atomic E-state index is 0. The third kappa shape index (κ3) is 4.01. The molecule has 3 N–H and O–H groups in total. The zero-order chi connectivity index (χ0) is 8.81. The minimum atomic E-state index is 0. The Balaban J connectivity index is 0.00000144. The first-order valence-electron chi connectivity index (χ1n) is 3.95. The summed E-state index contributed by atoms with van der Waals surface area (Å²) in [5, 5.41) is 9.25. The summed E-state index contributed by atoms with van der Waals surface area (Å²) >= 11 is 0. The van der Waals surface area contributed by atoms with Crippen molar-refractivity contribution in [2.24, 2.45) is 5.73 Å². The van der Waals surface area contributed by atoms with Gasteiger partial charge in [0.05, 0.1) is 6.61 Å². The maximum absolute atomic E-state index is 9.25. The first kappa shape index (κ1) is 12.1. The van der Waals surface area contributed by atoms with E-state index in [-0.39, 0.29) is 18.2 Å². The molecule has 0 amide bonds. The van der Waals surface area contributed by atoms with Gasteiger partial charge in [0.25, 0.3) is 0 Å². The fourth-order valence-corrected chi connectivity index (χ4v) is 0.845. The Bertz CT molecular complexity index is 243. The summed E-state index contributed by atoms with van der Waals surface area (Å²) < 4.78 is 5.25. The van der Waals surface area contributed by atoms with Crippen LogP contribution in [-0.2, 0) is 0 Å². The van der Waals surface area contributed by atoms with E-state index in [2.05, 4.69) is 0 Å². The molecule has 3 nitrogen and oxygen atoms in total. The van der Waals surface area contributed by atoms with Crippen LogP contribution < -0.4 is 10.5 Å². The summed E-state index contributed by atoms with van der Waals surface area (Å²) in [7, 11) is 0. The first-order chi connectivity index (χ1) is 5.84. The molecule has 0 aliphatic rings. The van der Waals surface area contributed by atoms with Crippen molar-refractivity contribution < 1.29 is 9.84 Å². The minimum Gasteiger partial charge on any atom is -0.504 e. The number of hydrogen-bond acceptors (Lipinski definition) is 3. The summed E-state index contributed by atoms with van der Waals surface area (Å²) in [5.41, 5.74) is 5.29. The van der Waals surface area contributed by atoms with Crippen molar-refractivity contribution in [1.29, 1.82) is 0 Å². The second kappa shape index (κ2) is 6.57. The van der Waals surface area contributed by atoms with Crippen LogP contribution in [0.3, 0.4) is 0 Å². The van der Waals surface area contributed by atoms with Crippen molar-refractivity contribution in [2.45, 2.75) is 6.42 Å². The van der Waals surface area contributed by atoms with Crippen molar-refractivity contribution in [3.05, 3.63) is 24.3 Å². The van der Waals surface area contributed by atoms with Crippen LogP contribution in [0.4, 0.5) is 0 Å². The maximum Gasteiger partial charge on any atom is 0.160 e. The predicted octanol–water partition coefficient (Wildman–Crippen LogP) is 1.54. The van der Waals surface area contributed by atoms with Gasteiger partial charge in [-0.1, -0.05) is 12.1 Å². The van der Waals surface area contributed by atoms with E-state index in [1.54, 1.807) is 18.2 Å². The van der Waals surface area contributed by atoms with Crippen molar-refractivity contribution in [3.8, 4) is 11.5 Å². The second-order valence-electron chi connectivity index (χ2n) is 2.46. The molecule has 0 unspecified atom stereocenters. The second-order valence-corrected chi connectivity index (χ2v) is 2.46. The number of benzene rings is 1. The Morgan fingerprint density at radius 2 is 2.00 bits per heavy atom. The molecule has 4 heteroatoms. The highest BCUT2D eigenvalue weighted by Crippen LogP contribution is 2.24. The van der Waals surface area contributed by atoms with E-state index in [1.165, 1.54) is 0 Å². The van der Waals surface area contributed by atoms with Crippen molar-refractivity contribution in [1.82, 2.24) is 0 Å². The summed E-state index contributed by atoms with van der Waals surface area (Å²) in [5.74, 6) is 0.695. The van der Waals surface area contributed by atoms with Gasteiger partial charge >= 0.3 is 0 Å². The van der Waals surface area contributed by atoms with Crippen LogP contribution in [-0.4, -0.2) is 18.3 Å². The third-order valence-corrected chi connectivity index (χ3v) is 1.47. The molecule has 0 aliphatic heterocycles. The third-order valence-electron chi connectivity index (χ3n) is 1.47. The Morgan fingerprint density at radius 3 is 2.62 bits per heavy atom. The molecular formula is C9H14ClNO2. The summed E-state index contributed by atoms with van der Waals surface area (Å²) in [6, 6.07) is 6.90. The van der Waals surface area contributed by atoms with Gasteiger partial charge in [-0.05, 0) is 25.1 Å². The molecule has 0 saturated carbocycles. The Morgan fingerprint density at radius 1 is 1.31 bits per heavy atom. The van der Waals surface area contributed by atoms with Crippen molar-refractivity contribution in [3.63, 3.8) is 0 Å². The average molecular weight is 204 g/mol. The molecule has 1 aromatic rings. The molecule has 1 rings (SSSR count). The molecule has 0 atom stereocenters. The van der Waals surface area contributed by atoms with Crippen LogP contribution in [0.5, 0.6) is 11.5 Å². The standard InChI is InChI=1S/C9H13NO2.ClH/c10-6-3-7-12-9-5-2-1-4-8(9)11;/h1-2,4-5,11H,3,6-7,10H2;1H. The van der Waals surface area contributed by atoms with Crippen molar-refractivity contribution in [2.75, 3.05) is 13.2 Å². The van der Waals surface area contributed by atoms with E-state index in [0.29, 0.717) is 18.9 Å². The molecule has 0 saturated heterocycles. The molecule has 0 bridgehead atoms. The highest BCUT2D eigenvalue weighted by Gasteiger charge is 1.98. The molecule has 0 fully saturated rings. The van der Waals surface area contributed by atoms with Gasteiger partial charge in [0.1, 0.15) is 0 Å². The zero-order valence-corrected chi connectivity index (χ0v) is 8.09. The zero-order valence-electron chi connectivity index (χ0n) is 7.27. The topological polar surface area (TPSA) is 55.5 Å². The molecule has 1 aromatic carbocycles. The quantitative estimate of drug-likeness (QED) is 0.730. The van der Waals surface area contributed by atoms with Crippen molar-refractivity contribution >= 4 is 12.4 Å². The van der Waals surface area contributed by atoms with Crippen LogP contribution in [0.1, 0.15) is 6.42 Å². The van der Waals surface area contributed by atoms with Gasteiger partial charge in [0, 0.05) is 0 Å². The Labute approximate surface area is 83.9 Å². The van der Waals surface area contributed by atoms with Gasteiger partial charge < -0.3 is 15.6 Å². The van der Waals surface area contributed by atoms with E-state index in [4.69, 9.17) is 10.5 Å². The number of aromatic hydroxyl groups is 1. The maximum atomic E-state index is 9.25. The molecular weight excluding hydrogens is 190 g/mol. The predicted molar refractivity (Wildman–Crippen MR) is 54.5 cm³/mol. The van der Waals surface area contributed by atoms with E-state index in [9.17, 15) is 5.11 Å². The normalized spacial score (nSPS) is 9.00. The lowest BCUT2D eigenvalue weighted by Gasteiger charge is -2.05. The number of phenols is 1. The fourth-order valence-electron chi connectivity index (χ4n) is 0.845. The number of rotatable bonds is 4. The smallest absolute Gasteiger partial charge is 0.160 e. The first-order valence-corrected chi connectivity index (χ1v) is 3.95. The average Bonchev–Trinajstić information content (AvgIpc) is 2.09. The van der Waals surface area contributed by atoms with E-state index >= 15 is 0 Å². The number of phenolic OH excluding ortho intramolecular Hbond substituents is 1. The lowest BCUT2D eigenvalue weighted by molar-refractivity contribution is 0.296. The largest absolute Gasteiger partial charge is 0.504 e. The fraction of sp³-hybridized carbons (Fsp3) is 0.333. The van der Waals surface area contributed by atoms with Gasteiger partial charge in [0.2, 0.25) is 0 Å². The number of ether oxygens (including phenoxy) is 1. The Kier molecular flexibility index (Phi) is 6.10. The van der Waals surface area contributed by atoms with E-state index < -0.39 is 0 Å². The molecule has 0 radical (unpaired) electrons. The monoisotopic (exact) mass is 203 g/mol. The summed E-state index contributed by atoms with van der Waals surface area (Å²) in [4.78, 5) is 0. The SMILES string of the molecule is Cl.NCCCOc1ccccc1O. The van der Waals surface area contributed by atoms with Gasteiger partial charge in [0.15, 0.2) is 11.5 Å². The highest BCUT2D eigenvalue weighted by atomic mass is 35.5.